The van der Waals surface area contributed by atoms with Gasteiger partial charge in [-0.15, -0.1) is 11.3 Å². The summed E-state index contributed by atoms with van der Waals surface area (Å²) in [5.41, 5.74) is 3.46. The smallest absolute Gasteiger partial charge is 0.141 e. The van der Waals surface area contributed by atoms with Crippen molar-refractivity contribution in [2.24, 2.45) is 0 Å². The number of pyridine rings is 1. The third kappa shape index (κ3) is 4.07. The molecule has 1 aromatic carbocycles. The highest BCUT2D eigenvalue weighted by molar-refractivity contribution is 7.13. The van der Waals surface area contributed by atoms with E-state index < -0.39 is 0 Å². The lowest BCUT2D eigenvalue weighted by molar-refractivity contribution is 0.742. The summed E-state index contributed by atoms with van der Waals surface area (Å²) in [6.45, 7) is 2.52. The Morgan fingerprint density at radius 1 is 1.04 bits per heavy atom. The Morgan fingerprint density at radius 2 is 1.96 bits per heavy atom. The van der Waals surface area contributed by atoms with Gasteiger partial charge in [0, 0.05) is 37.4 Å². The van der Waals surface area contributed by atoms with E-state index >= 15 is 0 Å². The normalized spacial score (nSPS) is 13.7. The first-order valence-corrected chi connectivity index (χ1v) is 9.52. The van der Waals surface area contributed by atoms with E-state index in [1.165, 1.54) is 11.1 Å². The zero-order valence-electron chi connectivity index (χ0n) is 14.4. The molecule has 26 heavy (non-hydrogen) atoms. The molecule has 4 rings (SSSR count). The second kappa shape index (κ2) is 8.08. The van der Waals surface area contributed by atoms with Gasteiger partial charge >= 0.3 is 0 Å². The zero-order chi connectivity index (χ0) is 17.6. The Bertz CT molecular complexity index is 901. The second-order valence-electron chi connectivity index (χ2n) is 6.07. The number of benzene rings is 1. The molecule has 5 heteroatoms. The van der Waals surface area contributed by atoms with Crippen LogP contribution in [0.3, 0.4) is 0 Å². The highest BCUT2D eigenvalue weighted by atomic mass is 32.1. The molecule has 0 aliphatic carbocycles. The standard InChI is InChI=1S/C21H20N4S/c1-2-6-17(7-3-1)14-22-15-18-8-5-12-25(16-18)20-10-4-9-19(24-20)21-23-11-13-26-21/h1-11,13,16,22H,12,14-15H2. The second-order valence-corrected chi connectivity index (χ2v) is 6.96. The average Bonchev–Trinajstić information content (AvgIpc) is 3.24. The molecule has 0 saturated carbocycles. The number of aromatic nitrogens is 2. The lowest BCUT2D eigenvalue weighted by Crippen LogP contribution is -2.24. The van der Waals surface area contributed by atoms with Crippen LogP contribution in [0.15, 0.2) is 84.0 Å². The van der Waals surface area contributed by atoms with Crippen molar-refractivity contribution >= 4 is 17.2 Å². The third-order valence-electron chi connectivity index (χ3n) is 4.14. The predicted octanol–water partition coefficient (Wildman–Crippen LogP) is 4.26. The van der Waals surface area contributed by atoms with Crippen molar-refractivity contribution in [1.82, 2.24) is 15.3 Å². The SMILES string of the molecule is C1=CC(CNCc2ccccc2)=CN(c2cccc(-c3nccs3)n2)C1. The quantitative estimate of drug-likeness (QED) is 0.713. The number of nitrogens with zero attached hydrogens (tertiary/aromatic N) is 3. The van der Waals surface area contributed by atoms with Crippen molar-refractivity contribution in [3.05, 3.63) is 89.6 Å². The maximum atomic E-state index is 4.78. The van der Waals surface area contributed by atoms with E-state index in [1.807, 2.05) is 35.8 Å². The van der Waals surface area contributed by atoms with Crippen LogP contribution in [0.4, 0.5) is 5.82 Å². The Hall–Kier alpha value is -2.76. The van der Waals surface area contributed by atoms with E-state index in [0.29, 0.717) is 0 Å². The van der Waals surface area contributed by atoms with Crippen LogP contribution in [0, 0.1) is 0 Å². The van der Waals surface area contributed by atoms with Gasteiger partial charge in [-0.2, -0.15) is 0 Å². The molecule has 0 unspecified atom stereocenters. The molecule has 2 aromatic heterocycles. The monoisotopic (exact) mass is 360 g/mol. The molecule has 0 amide bonds. The van der Waals surface area contributed by atoms with Crippen molar-refractivity contribution in [2.45, 2.75) is 6.54 Å². The first-order valence-electron chi connectivity index (χ1n) is 8.64. The van der Waals surface area contributed by atoms with Crippen LogP contribution < -0.4 is 10.2 Å². The zero-order valence-corrected chi connectivity index (χ0v) is 15.2. The van der Waals surface area contributed by atoms with Crippen molar-refractivity contribution < 1.29 is 0 Å². The first kappa shape index (κ1) is 16.7. The summed E-state index contributed by atoms with van der Waals surface area (Å²) in [5, 5.41) is 6.43. The Morgan fingerprint density at radius 3 is 2.81 bits per heavy atom. The topological polar surface area (TPSA) is 41.0 Å². The number of hydrogen-bond acceptors (Lipinski definition) is 5. The summed E-state index contributed by atoms with van der Waals surface area (Å²) in [6.07, 6.45) is 8.34. The summed E-state index contributed by atoms with van der Waals surface area (Å²) >= 11 is 1.61. The van der Waals surface area contributed by atoms with E-state index in [0.717, 1.165) is 36.2 Å². The molecule has 0 atom stereocenters. The van der Waals surface area contributed by atoms with E-state index in [-0.39, 0.29) is 0 Å². The molecule has 0 spiro atoms. The highest BCUT2D eigenvalue weighted by Gasteiger charge is 2.11. The summed E-state index contributed by atoms with van der Waals surface area (Å²) in [7, 11) is 0. The van der Waals surface area contributed by atoms with Gasteiger partial charge in [0.2, 0.25) is 0 Å². The van der Waals surface area contributed by atoms with Crippen LogP contribution in [0.5, 0.6) is 0 Å². The van der Waals surface area contributed by atoms with Crippen LogP contribution >= 0.6 is 11.3 Å². The minimum absolute atomic E-state index is 0.827. The fraction of sp³-hybridized carbons (Fsp3) is 0.143. The van der Waals surface area contributed by atoms with E-state index in [9.17, 15) is 0 Å². The largest absolute Gasteiger partial charge is 0.329 e. The molecule has 4 nitrogen and oxygen atoms in total. The minimum atomic E-state index is 0.827. The van der Waals surface area contributed by atoms with Gasteiger partial charge in [-0.05, 0) is 23.3 Å². The van der Waals surface area contributed by atoms with Gasteiger partial charge in [0.25, 0.3) is 0 Å². The summed E-state index contributed by atoms with van der Waals surface area (Å²) in [5.74, 6) is 0.947. The summed E-state index contributed by atoms with van der Waals surface area (Å²) < 4.78 is 0. The Kier molecular flexibility index (Phi) is 5.19. The van der Waals surface area contributed by atoms with Crippen LogP contribution in [0.2, 0.25) is 0 Å². The molecule has 130 valence electrons. The van der Waals surface area contributed by atoms with E-state index in [2.05, 4.69) is 57.8 Å². The highest BCUT2D eigenvalue weighted by Crippen LogP contribution is 2.23. The van der Waals surface area contributed by atoms with Gasteiger partial charge < -0.3 is 10.2 Å². The fourth-order valence-corrected chi connectivity index (χ4v) is 3.48. The van der Waals surface area contributed by atoms with Crippen molar-refractivity contribution in [1.29, 1.82) is 0 Å². The molecular formula is C21H20N4S. The molecule has 0 fully saturated rings. The lowest BCUT2D eigenvalue weighted by atomic mass is 10.2. The van der Waals surface area contributed by atoms with Gasteiger partial charge in [-0.1, -0.05) is 48.6 Å². The van der Waals surface area contributed by atoms with Crippen molar-refractivity contribution in [3.63, 3.8) is 0 Å². The summed E-state index contributed by atoms with van der Waals surface area (Å²) in [6, 6.07) is 16.5. The maximum absolute atomic E-state index is 4.78. The van der Waals surface area contributed by atoms with Gasteiger partial charge in [-0.25, -0.2) is 9.97 Å². The lowest BCUT2D eigenvalue weighted by Gasteiger charge is -2.23. The number of nitrogens with one attached hydrogen (secondary N) is 1. The molecule has 0 bridgehead atoms. The Balaban J connectivity index is 1.43. The fourth-order valence-electron chi connectivity index (χ4n) is 2.88. The van der Waals surface area contributed by atoms with Crippen LogP contribution in [0.1, 0.15) is 5.56 Å². The van der Waals surface area contributed by atoms with Gasteiger partial charge in [0.1, 0.15) is 16.5 Å². The molecule has 3 heterocycles. The van der Waals surface area contributed by atoms with Gasteiger partial charge in [0.15, 0.2) is 0 Å². The number of hydrogen-bond donors (Lipinski definition) is 1. The van der Waals surface area contributed by atoms with Crippen LogP contribution in [0.25, 0.3) is 10.7 Å². The molecule has 1 aliphatic rings. The van der Waals surface area contributed by atoms with Crippen LogP contribution in [-0.4, -0.2) is 23.1 Å². The molecule has 1 aliphatic heterocycles. The average molecular weight is 360 g/mol. The maximum Gasteiger partial charge on any atom is 0.141 e. The molecule has 0 saturated heterocycles. The number of rotatable bonds is 6. The molecule has 0 radical (unpaired) electrons. The van der Waals surface area contributed by atoms with Gasteiger partial charge in [0.05, 0.1) is 0 Å². The molecule has 3 aromatic rings. The number of thiazole rings is 1. The molecule has 1 N–H and O–H groups in total. The Labute approximate surface area is 157 Å². The first-order chi connectivity index (χ1) is 12.9. The molecular weight excluding hydrogens is 340 g/mol. The predicted molar refractivity (Wildman–Crippen MR) is 108 cm³/mol. The van der Waals surface area contributed by atoms with Crippen molar-refractivity contribution in [2.75, 3.05) is 18.0 Å². The summed E-state index contributed by atoms with van der Waals surface area (Å²) in [4.78, 5) is 11.3. The minimum Gasteiger partial charge on any atom is -0.329 e. The van der Waals surface area contributed by atoms with Crippen molar-refractivity contribution in [3.8, 4) is 10.7 Å². The van der Waals surface area contributed by atoms with E-state index in [4.69, 9.17) is 4.98 Å². The third-order valence-corrected chi connectivity index (χ3v) is 4.93. The van der Waals surface area contributed by atoms with Gasteiger partial charge in [-0.3, -0.25) is 0 Å². The van der Waals surface area contributed by atoms with Crippen LogP contribution in [-0.2, 0) is 6.54 Å². The van der Waals surface area contributed by atoms with E-state index in [1.54, 1.807) is 11.3 Å². The number of anilines is 1.